The van der Waals surface area contributed by atoms with Gasteiger partial charge in [0.15, 0.2) is 6.23 Å². The predicted octanol–water partition coefficient (Wildman–Crippen LogP) is -2.30. The second kappa shape index (κ2) is 5.25. The Labute approximate surface area is 107 Å². The van der Waals surface area contributed by atoms with Gasteiger partial charge < -0.3 is 20.1 Å². The summed E-state index contributed by atoms with van der Waals surface area (Å²) in [6, 6.07) is 0. The summed E-state index contributed by atoms with van der Waals surface area (Å²) in [5.41, 5.74) is -0.955. The zero-order valence-electron chi connectivity index (χ0n) is 10.3. The molecule has 0 aromatic carbocycles. The number of ether oxygens (including phenoxy) is 1. The highest BCUT2D eigenvalue weighted by Gasteiger charge is 2.39. The van der Waals surface area contributed by atoms with E-state index >= 15 is 0 Å². The van der Waals surface area contributed by atoms with Crippen LogP contribution in [0.2, 0.25) is 0 Å². The third-order valence-corrected chi connectivity index (χ3v) is 3.26. The van der Waals surface area contributed by atoms with Gasteiger partial charge in [0.1, 0.15) is 6.10 Å². The number of nitrogens with one attached hydrogen (secondary N) is 1. The molecule has 1 aromatic heterocycles. The molecule has 0 saturated carbocycles. The molecule has 1 aliphatic rings. The molecule has 0 aliphatic carbocycles. The lowest BCUT2D eigenvalue weighted by Gasteiger charge is -2.37. The summed E-state index contributed by atoms with van der Waals surface area (Å²) in [5, 5.41) is 28.7. The summed E-state index contributed by atoms with van der Waals surface area (Å²) >= 11 is 0. The van der Waals surface area contributed by atoms with E-state index in [2.05, 4.69) is 4.98 Å². The number of hydrogen-bond donors (Lipinski definition) is 4. The van der Waals surface area contributed by atoms with Gasteiger partial charge in [0.05, 0.1) is 19.3 Å². The van der Waals surface area contributed by atoms with Crippen molar-refractivity contribution < 1.29 is 20.1 Å². The first kappa shape index (κ1) is 13.9. The maximum Gasteiger partial charge on any atom is 0.330 e. The van der Waals surface area contributed by atoms with Crippen LogP contribution < -0.4 is 11.2 Å². The van der Waals surface area contributed by atoms with Gasteiger partial charge in [-0.3, -0.25) is 14.3 Å². The summed E-state index contributed by atoms with van der Waals surface area (Å²) in [7, 11) is 0. The predicted molar refractivity (Wildman–Crippen MR) is 63.6 cm³/mol. The molecule has 0 radical (unpaired) electrons. The average Bonchev–Trinajstić information content (AvgIpc) is 2.37. The van der Waals surface area contributed by atoms with Crippen LogP contribution in [0.3, 0.4) is 0 Å². The molecule has 4 N–H and O–H groups in total. The van der Waals surface area contributed by atoms with Crippen molar-refractivity contribution in [1.29, 1.82) is 0 Å². The second-order valence-corrected chi connectivity index (χ2v) is 4.63. The third-order valence-electron chi connectivity index (χ3n) is 3.26. The van der Waals surface area contributed by atoms with Gasteiger partial charge in [-0.25, -0.2) is 4.79 Å². The molecule has 0 amide bonds. The molecule has 2 rings (SSSR count). The molecule has 8 nitrogen and oxygen atoms in total. The first-order valence-electron chi connectivity index (χ1n) is 5.86. The summed E-state index contributed by atoms with van der Waals surface area (Å²) in [6.45, 7) is 1.19. The molecule has 1 aromatic rings. The largest absolute Gasteiger partial charge is 0.396 e. The van der Waals surface area contributed by atoms with E-state index in [9.17, 15) is 19.8 Å². The molecule has 1 saturated heterocycles. The van der Waals surface area contributed by atoms with E-state index in [4.69, 9.17) is 9.84 Å². The lowest BCUT2D eigenvalue weighted by molar-refractivity contribution is -0.199. The standard InChI is InChI=1S/C11H16N2O6/c1-5-2-13(11(18)12-9(5)17)10-8(16)7(15)6(3-14)4-19-10/h2,6-8,10,14-16H,3-4H2,1H3,(H,12,17,18)/t6-,7+,8+,10+/m0/s1. The number of aliphatic hydroxyl groups excluding tert-OH is 3. The van der Waals surface area contributed by atoms with Gasteiger partial charge in [-0.1, -0.05) is 0 Å². The maximum absolute atomic E-state index is 11.7. The van der Waals surface area contributed by atoms with Crippen LogP contribution in [-0.2, 0) is 4.74 Å². The quantitative estimate of drug-likeness (QED) is 0.480. The topological polar surface area (TPSA) is 125 Å². The molecule has 0 unspecified atom stereocenters. The van der Waals surface area contributed by atoms with Gasteiger partial charge in [-0.15, -0.1) is 0 Å². The SMILES string of the molecule is Cc1cn([C@@H]2OC[C@H](CO)[C@@H](O)[C@H]2O)c(=O)[nH]c1=O. The van der Waals surface area contributed by atoms with Gasteiger partial charge >= 0.3 is 5.69 Å². The summed E-state index contributed by atoms with van der Waals surface area (Å²) in [5.74, 6) is -0.606. The number of aromatic nitrogens is 2. The molecule has 2 heterocycles. The molecule has 0 spiro atoms. The van der Waals surface area contributed by atoms with Crippen LogP contribution >= 0.6 is 0 Å². The Morgan fingerprint density at radius 1 is 1.42 bits per heavy atom. The summed E-state index contributed by atoms with van der Waals surface area (Å²) in [6.07, 6.45) is -2.40. The third kappa shape index (κ3) is 2.47. The van der Waals surface area contributed by atoms with Crippen molar-refractivity contribution in [1.82, 2.24) is 9.55 Å². The molecule has 0 bridgehead atoms. The van der Waals surface area contributed by atoms with Crippen LogP contribution in [0.5, 0.6) is 0 Å². The number of rotatable bonds is 2. The zero-order chi connectivity index (χ0) is 14.2. The Morgan fingerprint density at radius 2 is 2.11 bits per heavy atom. The minimum absolute atomic E-state index is 0.00398. The van der Waals surface area contributed by atoms with Crippen LogP contribution in [0.25, 0.3) is 0 Å². The number of H-pyrrole nitrogens is 1. The molecule has 106 valence electrons. The van der Waals surface area contributed by atoms with Crippen molar-refractivity contribution in [3.8, 4) is 0 Å². The van der Waals surface area contributed by atoms with Gasteiger partial charge in [-0.2, -0.15) is 0 Å². The fraction of sp³-hybridized carbons (Fsp3) is 0.636. The fourth-order valence-corrected chi connectivity index (χ4v) is 2.05. The monoisotopic (exact) mass is 272 g/mol. The number of aliphatic hydroxyl groups is 3. The zero-order valence-corrected chi connectivity index (χ0v) is 10.3. The van der Waals surface area contributed by atoms with Crippen LogP contribution in [0.1, 0.15) is 11.8 Å². The van der Waals surface area contributed by atoms with Gasteiger partial charge in [-0.05, 0) is 6.92 Å². The number of hydrogen-bond acceptors (Lipinski definition) is 6. The van der Waals surface area contributed by atoms with E-state index < -0.39 is 35.6 Å². The van der Waals surface area contributed by atoms with Crippen LogP contribution in [0.4, 0.5) is 0 Å². The van der Waals surface area contributed by atoms with E-state index in [0.717, 1.165) is 4.57 Å². The smallest absolute Gasteiger partial charge is 0.330 e. The van der Waals surface area contributed by atoms with E-state index in [1.807, 2.05) is 0 Å². The van der Waals surface area contributed by atoms with Crippen LogP contribution in [0, 0.1) is 12.8 Å². The Balaban J connectivity index is 2.35. The summed E-state index contributed by atoms with van der Waals surface area (Å²) in [4.78, 5) is 25.0. The highest BCUT2D eigenvalue weighted by atomic mass is 16.5. The van der Waals surface area contributed by atoms with E-state index in [1.165, 1.54) is 13.1 Å². The molecule has 4 atom stereocenters. The number of nitrogens with zero attached hydrogens (tertiary/aromatic N) is 1. The molecule has 19 heavy (non-hydrogen) atoms. The van der Waals surface area contributed by atoms with Crippen molar-refractivity contribution in [2.75, 3.05) is 13.2 Å². The number of aromatic amines is 1. The minimum atomic E-state index is -1.37. The van der Waals surface area contributed by atoms with Crippen molar-refractivity contribution in [3.63, 3.8) is 0 Å². The molecule has 1 fully saturated rings. The first-order valence-corrected chi connectivity index (χ1v) is 5.86. The van der Waals surface area contributed by atoms with Gasteiger partial charge in [0.2, 0.25) is 0 Å². The normalized spacial score (nSPS) is 31.4. The lowest BCUT2D eigenvalue weighted by Crippen LogP contribution is -2.51. The van der Waals surface area contributed by atoms with E-state index in [0.29, 0.717) is 0 Å². The Hall–Kier alpha value is -1.48. The maximum atomic E-state index is 11.7. The molecule has 8 heteroatoms. The van der Waals surface area contributed by atoms with E-state index in [-0.39, 0.29) is 18.8 Å². The van der Waals surface area contributed by atoms with Gasteiger partial charge in [0, 0.05) is 17.7 Å². The van der Waals surface area contributed by atoms with Crippen molar-refractivity contribution in [2.24, 2.45) is 5.92 Å². The van der Waals surface area contributed by atoms with Crippen molar-refractivity contribution >= 4 is 0 Å². The Kier molecular flexibility index (Phi) is 3.85. The first-order chi connectivity index (χ1) is 8.95. The van der Waals surface area contributed by atoms with Crippen molar-refractivity contribution in [3.05, 3.63) is 32.6 Å². The lowest BCUT2D eigenvalue weighted by atomic mass is 9.95. The minimum Gasteiger partial charge on any atom is -0.396 e. The fourth-order valence-electron chi connectivity index (χ4n) is 2.05. The molecular weight excluding hydrogens is 256 g/mol. The van der Waals surface area contributed by atoms with Crippen molar-refractivity contribution in [2.45, 2.75) is 25.4 Å². The molecular formula is C11H16N2O6. The van der Waals surface area contributed by atoms with Gasteiger partial charge in [0.25, 0.3) is 5.56 Å². The average molecular weight is 272 g/mol. The highest BCUT2D eigenvalue weighted by Crippen LogP contribution is 2.26. The second-order valence-electron chi connectivity index (χ2n) is 4.63. The Bertz CT molecular complexity index is 565. The van der Waals surface area contributed by atoms with Crippen LogP contribution in [0.15, 0.2) is 15.8 Å². The van der Waals surface area contributed by atoms with Crippen LogP contribution in [-0.4, -0.2) is 50.3 Å². The summed E-state index contributed by atoms with van der Waals surface area (Å²) < 4.78 is 6.32. The molecule has 1 aliphatic heterocycles. The Morgan fingerprint density at radius 3 is 2.74 bits per heavy atom. The number of aryl methyl sites for hydroxylation is 1. The highest BCUT2D eigenvalue weighted by molar-refractivity contribution is 5.02. The van der Waals surface area contributed by atoms with E-state index in [1.54, 1.807) is 0 Å².